The Hall–Kier alpha value is -3.12. The lowest BCUT2D eigenvalue weighted by Crippen LogP contribution is -2.33. The standard InChI is InChI=1S/C27H29NO5/c1-27(2,3)33-24(26(30)31)23-22(17-10-13-21-16(15-17)7-6-14-32-21)19-8-4-5-9-20(19)25(29)28(23)18-11-12-18/h4-5,8-10,13,15,18,24H,6-7,11-12,14H2,1-3H3,(H,30,31). The molecule has 2 aromatic carbocycles. The fraction of sp³-hybridized carbons (Fsp3) is 0.407. The summed E-state index contributed by atoms with van der Waals surface area (Å²) < 4.78 is 13.6. The lowest BCUT2D eigenvalue weighted by molar-refractivity contribution is -0.161. The Labute approximate surface area is 192 Å². The number of nitrogens with zero attached hydrogens (tertiary/aromatic N) is 1. The molecule has 6 nitrogen and oxygen atoms in total. The van der Waals surface area contributed by atoms with Crippen LogP contribution in [0.5, 0.6) is 5.75 Å². The van der Waals surface area contributed by atoms with Gasteiger partial charge < -0.3 is 19.1 Å². The molecule has 1 atom stereocenters. The van der Waals surface area contributed by atoms with Gasteiger partial charge in [-0.15, -0.1) is 0 Å². The molecule has 5 rings (SSSR count). The van der Waals surface area contributed by atoms with Gasteiger partial charge in [0.1, 0.15) is 5.75 Å². The number of carboxylic acid groups (broad SMARTS) is 1. The molecule has 0 radical (unpaired) electrons. The smallest absolute Gasteiger partial charge is 0.339 e. The molecule has 3 aromatic rings. The quantitative estimate of drug-likeness (QED) is 0.577. The maximum absolute atomic E-state index is 13.6. The normalized spacial score (nSPS) is 16.8. The fourth-order valence-electron chi connectivity index (χ4n) is 4.73. The van der Waals surface area contributed by atoms with Crippen LogP contribution >= 0.6 is 0 Å². The van der Waals surface area contributed by atoms with Gasteiger partial charge in [0, 0.05) is 17.0 Å². The van der Waals surface area contributed by atoms with Crippen molar-refractivity contribution in [1.29, 1.82) is 0 Å². The summed E-state index contributed by atoms with van der Waals surface area (Å²) in [4.78, 5) is 26.2. The zero-order valence-electron chi connectivity index (χ0n) is 19.3. The number of carboxylic acids is 1. The lowest BCUT2D eigenvalue weighted by atomic mass is 9.91. The van der Waals surface area contributed by atoms with Crippen LogP contribution in [0.15, 0.2) is 47.3 Å². The third-order valence-electron chi connectivity index (χ3n) is 6.21. The molecule has 1 aromatic heterocycles. The third-order valence-corrected chi connectivity index (χ3v) is 6.21. The van der Waals surface area contributed by atoms with Gasteiger partial charge >= 0.3 is 5.97 Å². The van der Waals surface area contributed by atoms with E-state index in [1.165, 1.54) is 0 Å². The average molecular weight is 448 g/mol. The molecule has 0 saturated heterocycles. The first-order valence-electron chi connectivity index (χ1n) is 11.6. The largest absolute Gasteiger partial charge is 0.493 e. The maximum Gasteiger partial charge on any atom is 0.339 e. The van der Waals surface area contributed by atoms with Crippen LogP contribution in [-0.4, -0.2) is 27.9 Å². The van der Waals surface area contributed by atoms with Crippen molar-refractivity contribution in [1.82, 2.24) is 4.57 Å². The molecule has 0 amide bonds. The van der Waals surface area contributed by atoms with Crippen LogP contribution in [0.2, 0.25) is 0 Å². The summed E-state index contributed by atoms with van der Waals surface area (Å²) in [5.41, 5.74) is 2.30. The van der Waals surface area contributed by atoms with Crippen molar-refractivity contribution in [3.63, 3.8) is 0 Å². The molecule has 0 spiro atoms. The number of aromatic nitrogens is 1. The van der Waals surface area contributed by atoms with Crippen molar-refractivity contribution < 1.29 is 19.4 Å². The average Bonchev–Trinajstić information content (AvgIpc) is 3.61. The summed E-state index contributed by atoms with van der Waals surface area (Å²) in [5, 5.41) is 11.6. The van der Waals surface area contributed by atoms with E-state index in [2.05, 4.69) is 6.07 Å². The first-order chi connectivity index (χ1) is 15.7. The number of hydrogen-bond donors (Lipinski definition) is 1. The molecule has 1 unspecified atom stereocenters. The van der Waals surface area contributed by atoms with Crippen LogP contribution in [0.25, 0.3) is 21.9 Å². The number of rotatable bonds is 5. The zero-order valence-corrected chi connectivity index (χ0v) is 19.3. The summed E-state index contributed by atoms with van der Waals surface area (Å²) in [6, 6.07) is 13.5. The molecule has 2 heterocycles. The number of pyridine rings is 1. The molecule has 2 aliphatic rings. The van der Waals surface area contributed by atoms with Crippen LogP contribution in [0.4, 0.5) is 0 Å². The second-order valence-corrected chi connectivity index (χ2v) is 9.94. The monoisotopic (exact) mass is 447 g/mol. The molecule has 1 aliphatic heterocycles. The highest BCUT2D eigenvalue weighted by Gasteiger charge is 2.38. The van der Waals surface area contributed by atoms with Crippen molar-refractivity contribution in [2.45, 2.75) is 64.2 Å². The van der Waals surface area contributed by atoms with E-state index in [9.17, 15) is 14.7 Å². The molecule has 6 heteroatoms. The highest BCUT2D eigenvalue weighted by atomic mass is 16.5. The number of aliphatic carboxylic acids is 1. The molecule has 172 valence electrons. The maximum atomic E-state index is 13.6. The number of fused-ring (bicyclic) bond motifs is 2. The van der Waals surface area contributed by atoms with E-state index in [4.69, 9.17) is 9.47 Å². The van der Waals surface area contributed by atoms with E-state index in [0.717, 1.165) is 53.5 Å². The van der Waals surface area contributed by atoms with Crippen molar-refractivity contribution >= 4 is 16.7 Å². The fourth-order valence-corrected chi connectivity index (χ4v) is 4.73. The molecule has 1 fully saturated rings. The predicted octanol–water partition coefficient (Wildman–Crippen LogP) is 5.27. The Morgan fingerprint density at radius 3 is 2.55 bits per heavy atom. The van der Waals surface area contributed by atoms with Gasteiger partial charge in [-0.1, -0.05) is 24.3 Å². The van der Waals surface area contributed by atoms with Crippen molar-refractivity contribution in [2.24, 2.45) is 0 Å². The zero-order chi connectivity index (χ0) is 23.3. The van der Waals surface area contributed by atoms with Gasteiger partial charge in [0.15, 0.2) is 6.10 Å². The van der Waals surface area contributed by atoms with E-state index >= 15 is 0 Å². The minimum Gasteiger partial charge on any atom is -0.493 e. The first-order valence-corrected chi connectivity index (χ1v) is 11.6. The number of benzene rings is 2. The summed E-state index contributed by atoms with van der Waals surface area (Å²) in [6.07, 6.45) is 2.27. The topological polar surface area (TPSA) is 77.8 Å². The third kappa shape index (κ3) is 4.04. The second kappa shape index (κ2) is 8.03. The summed E-state index contributed by atoms with van der Waals surface area (Å²) >= 11 is 0. The molecular weight excluding hydrogens is 418 g/mol. The van der Waals surface area contributed by atoms with Crippen molar-refractivity contribution in [3.8, 4) is 16.9 Å². The van der Waals surface area contributed by atoms with Gasteiger partial charge in [0.25, 0.3) is 5.56 Å². The van der Waals surface area contributed by atoms with Gasteiger partial charge in [-0.25, -0.2) is 4.79 Å². The van der Waals surface area contributed by atoms with Crippen molar-refractivity contribution in [3.05, 3.63) is 64.1 Å². The molecular formula is C27H29NO5. The molecule has 1 N–H and O–H groups in total. The predicted molar refractivity (Wildman–Crippen MR) is 127 cm³/mol. The van der Waals surface area contributed by atoms with Crippen LogP contribution in [0.3, 0.4) is 0 Å². The number of carbonyl (C=O) groups is 1. The first kappa shape index (κ1) is 21.7. The van der Waals surface area contributed by atoms with Crippen LogP contribution in [0.1, 0.15) is 63.4 Å². The van der Waals surface area contributed by atoms with Crippen LogP contribution < -0.4 is 10.3 Å². The Morgan fingerprint density at radius 1 is 1.15 bits per heavy atom. The van der Waals surface area contributed by atoms with Crippen molar-refractivity contribution in [2.75, 3.05) is 6.61 Å². The van der Waals surface area contributed by atoms with Gasteiger partial charge in [0.2, 0.25) is 0 Å². The van der Waals surface area contributed by atoms with Gasteiger partial charge in [-0.2, -0.15) is 0 Å². The van der Waals surface area contributed by atoms with E-state index in [0.29, 0.717) is 17.7 Å². The Morgan fingerprint density at radius 2 is 1.88 bits per heavy atom. The Bertz CT molecular complexity index is 1300. The van der Waals surface area contributed by atoms with Crippen LogP contribution in [-0.2, 0) is 16.0 Å². The Kier molecular flexibility index (Phi) is 5.28. The van der Waals surface area contributed by atoms with Gasteiger partial charge in [-0.3, -0.25) is 4.79 Å². The summed E-state index contributed by atoms with van der Waals surface area (Å²) in [5.74, 6) is -0.233. The molecule has 33 heavy (non-hydrogen) atoms. The highest BCUT2D eigenvalue weighted by molar-refractivity contribution is 5.99. The number of ether oxygens (including phenoxy) is 2. The number of aryl methyl sites for hydroxylation is 1. The highest BCUT2D eigenvalue weighted by Crippen LogP contribution is 2.44. The van der Waals surface area contributed by atoms with E-state index in [-0.39, 0.29) is 11.6 Å². The molecule has 0 bridgehead atoms. The molecule has 1 saturated carbocycles. The van der Waals surface area contributed by atoms with E-state index in [1.54, 1.807) is 4.57 Å². The van der Waals surface area contributed by atoms with Gasteiger partial charge in [0.05, 0.1) is 17.9 Å². The van der Waals surface area contributed by atoms with Gasteiger partial charge in [-0.05, 0) is 81.2 Å². The minimum absolute atomic E-state index is 0.0118. The second-order valence-electron chi connectivity index (χ2n) is 9.94. The molecule has 1 aliphatic carbocycles. The van der Waals surface area contributed by atoms with Crippen LogP contribution in [0, 0.1) is 0 Å². The van der Waals surface area contributed by atoms with E-state index in [1.807, 2.05) is 57.2 Å². The number of hydrogen-bond acceptors (Lipinski definition) is 4. The lowest BCUT2D eigenvalue weighted by Gasteiger charge is -2.30. The Balaban J connectivity index is 1.87. The SMILES string of the molecule is CC(C)(C)OC(C(=O)O)c1c(-c2ccc3c(c2)CCCO3)c2ccccc2c(=O)n1C1CC1. The van der Waals surface area contributed by atoms with E-state index < -0.39 is 17.7 Å². The minimum atomic E-state index is -1.27. The summed E-state index contributed by atoms with van der Waals surface area (Å²) in [6.45, 7) is 6.20. The summed E-state index contributed by atoms with van der Waals surface area (Å²) in [7, 11) is 0.